The van der Waals surface area contributed by atoms with Crippen molar-refractivity contribution in [3.05, 3.63) is 58.3 Å². The standard InChI is InChI=1S/C22H24ClFN6O3/c1-13-20(23)14(2)30(28-13)8-7-25-21(31)19-12-29(9-10-33-19)22(32)18-11-17(26-27-18)15-5-3-4-6-16(15)24/h3-6,11,19H,7-10,12H2,1-2H3,(H,25,31)(H,26,27). The van der Waals surface area contributed by atoms with Gasteiger partial charge in [0, 0.05) is 18.7 Å². The van der Waals surface area contributed by atoms with Crippen LogP contribution in [-0.2, 0) is 16.1 Å². The molecule has 1 aliphatic rings. The summed E-state index contributed by atoms with van der Waals surface area (Å²) in [5.41, 5.74) is 2.43. The lowest BCUT2D eigenvalue weighted by Crippen LogP contribution is -2.52. The summed E-state index contributed by atoms with van der Waals surface area (Å²) in [4.78, 5) is 27.0. The van der Waals surface area contributed by atoms with Gasteiger partial charge in [0.1, 0.15) is 11.5 Å². The highest BCUT2D eigenvalue weighted by Crippen LogP contribution is 2.22. The zero-order chi connectivity index (χ0) is 23.5. The number of hydrogen-bond donors (Lipinski definition) is 2. The van der Waals surface area contributed by atoms with Crippen molar-refractivity contribution in [3.8, 4) is 11.3 Å². The van der Waals surface area contributed by atoms with E-state index >= 15 is 0 Å². The molecule has 3 heterocycles. The van der Waals surface area contributed by atoms with Crippen LogP contribution in [-0.4, -0.2) is 69.0 Å². The van der Waals surface area contributed by atoms with E-state index in [2.05, 4.69) is 20.6 Å². The molecule has 2 aromatic heterocycles. The Morgan fingerprint density at radius 1 is 1.33 bits per heavy atom. The molecule has 0 spiro atoms. The average Bonchev–Trinajstić information content (AvgIpc) is 3.40. The Hall–Kier alpha value is -3.24. The van der Waals surface area contributed by atoms with Crippen LogP contribution in [0.3, 0.4) is 0 Å². The van der Waals surface area contributed by atoms with Crippen LogP contribution in [0.2, 0.25) is 5.02 Å². The van der Waals surface area contributed by atoms with Gasteiger partial charge in [0.25, 0.3) is 11.8 Å². The Kier molecular flexibility index (Phi) is 6.75. The molecule has 9 nitrogen and oxygen atoms in total. The number of carbonyl (C=O) groups excluding carboxylic acids is 2. The first-order valence-electron chi connectivity index (χ1n) is 10.5. The molecule has 2 N–H and O–H groups in total. The second-order valence-electron chi connectivity index (χ2n) is 7.76. The summed E-state index contributed by atoms with van der Waals surface area (Å²) >= 11 is 6.15. The molecule has 33 heavy (non-hydrogen) atoms. The number of ether oxygens (including phenoxy) is 1. The number of aromatic amines is 1. The predicted molar refractivity (Wildman–Crippen MR) is 119 cm³/mol. The van der Waals surface area contributed by atoms with E-state index in [0.717, 1.165) is 11.4 Å². The number of nitrogens with zero attached hydrogens (tertiary/aromatic N) is 4. The SMILES string of the molecule is Cc1nn(CCNC(=O)C2CN(C(=O)c3cc(-c4ccccc4F)n[nH]3)CCO2)c(C)c1Cl. The minimum atomic E-state index is -0.791. The number of amides is 2. The van der Waals surface area contributed by atoms with Gasteiger partial charge in [0.2, 0.25) is 0 Å². The highest BCUT2D eigenvalue weighted by atomic mass is 35.5. The van der Waals surface area contributed by atoms with E-state index in [9.17, 15) is 14.0 Å². The molecule has 1 fully saturated rings. The molecule has 0 radical (unpaired) electrons. The molecular weight excluding hydrogens is 451 g/mol. The van der Waals surface area contributed by atoms with Gasteiger partial charge in [-0.3, -0.25) is 19.4 Å². The summed E-state index contributed by atoms with van der Waals surface area (Å²) in [7, 11) is 0. The molecular formula is C22H24ClFN6O3. The van der Waals surface area contributed by atoms with Crippen molar-refractivity contribution < 1.29 is 18.7 Å². The molecule has 2 amide bonds. The third-order valence-corrected chi connectivity index (χ3v) is 6.07. The number of halogens is 2. The van der Waals surface area contributed by atoms with E-state index in [1.807, 2.05) is 13.8 Å². The summed E-state index contributed by atoms with van der Waals surface area (Å²) in [5, 5.41) is 14.5. The van der Waals surface area contributed by atoms with Gasteiger partial charge in [-0.2, -0.15) is 10.2 Å². The summed E-state index contributed by atoms with van der Waals surface area (Å²) in [6.07, 6.45) is -0.791. The molecule has 0 aliphatic carbocycles. The molecule has 4 rings (SSSR count). The highest BCUT2D eigenvalue weighted by molar-refractivity contribution is 6.31. The second kappa shape index (κ2) is 9.72. The number of nitrogens with one attached hydrogen (secondary N) is 2. The number of hydrogen-bond acceptors (Lipinski definition) is 5. The summed E-state index contributed by atoms with van der Waals surface area (Å²) in [6, 6.07) is 7.71. The first-order chi connectivity index (χ1) is 15.8. The number of carbonyl (C=O) groups is 2. The Balaban J connectivity index is 1.34. The third kappa shape index (κ3) is 4.91. The van der Waals surface area contributed by atoms with Crippen molar-refractivity contribution in [2.45, 2.75) is 26.5 Å². The molecule has 3 aromatic rings. The van der Waals surface area contributed by atoms with Crippen LogP contribution in [0.15, 0.2) is 30.3 Å². The van der Waals surface area contributed by atoms with Gasteiger partial charge < -0.3 is 15.0 Å². The van der Waals surface area contributed by atoms with Gasteiger partial charge in [-0.05, 0) is 32.0 Å². The molecule has 1 unspecified atom stereocenters. The van der Waals surface area contributed by atoms with Crippen molar-refractivity contribution in [3.63, 3.8) is 0 Å². The maximum atomic E-state index is 14.0. The van der Waals surface area contributed by atoms with Gasteiger partial charge >= 0.3 is 0 Å². The molecule has 1 atom stereocenters. The van der Waals surface area contributed by atoms with E-state index < -0.39 is 11.9 Å². The zero-order valence-electron chi connectivity index (χ0n) is 18.3. The summed E-state index contributed by atoms with van der Waals surface area (Å²) in [6.45, 7) is 5.16. The molecule has 11 heteroatoms. The maximum Gasteiger partial charge on any atom is 0.272 e. The Morgan fingerprint density at radius 2 is 2.12 bits per heavy atom. The largest absolute Gasteiger partial charge is 0.365 e. The number of rotatable bonds is 6. The van der Waals surface area contributed by atoms with Gasteiger partial charge in [-0.25, -0.2) is 4.39 Å². The van der Waals surface area contributed by atoms with Crippen LogP contribution in [0.25, 0.3) is 11.3 Å². The molecule has 0 saturated carbocycles. The monoisotopic (exact) mass is 474 g/mol. The quantitative estimate of drug-likeness (QED) is 0.570. The van der Waals surface area contributed by atoms with Crippen LogP contribution in [0.1, 0.15) is 21.9 Å². The minimum absolute atomic E-state index is 0.102. The molecule has 0 bridgehead atoms. The zero-order valence-corrected chi connectivity index (χ0v) is 19.0. The van der Waals surface area contributed by atoms with Crippen LogP contribution in [0.5, 0.6) is 0 Å². The summed E-state index contributed by atoms with van der Waals surface area (Å²) < 4.78 is 21.3. The van der Waals surface area contributed by atoms with E-state index in [4.69, 9.17) is 16.3 Å². The van der Waals surface area contributed by atoms with Crippen molar-refractivity contribution in [1.82, 2.24) is 30.2 Å². The minimum Gasteiger partial charge on any atom is -0.365 e. The molecule has 1 saturated heterocycles. The Morgan fingerprint density at radius 3 is 2.85 bits per heavy atom. The van der Waals surface area contributed by atoms with E-state index in [0.29, 0.717) is 35.9 Å². The van der Waals surface area contributed by atoms with E-state index in [1.165, 1.54) is 17.0 Å². The molecule has 1 aromatic carbocycles. The van der Waals surface area contributed by atoms with Crippen molar-refractivity contribution >= 4 is 23.4 Å². The van der Waals surface area contributed by atoms with Gasteiger partial charge in [0.05, 0.1) is 41.8 Å². The number of aryl methyl sites for hydroxylation is 1. The fourth-order valence-electron chi connectivity index (χ4n) is 3.69. The number of aromatic nitrogens is 4. The fourth-order valence-corrected chi connectivity index (χ4v) is 3.83. The van der Waals surface area contributed by atoms with E-state index in [-0.39, 0.29) is 30.7 Å². The lowest BCUT2D eigenvalue weighted by molar-refractivity contribution is -0.137. The van der Waals surface area contributed by atoms with Crippen LogP contribution in [0.4, 0.5) is 4.39 Å². The van der Waals surface area contributed by atoms with Crippen molar-refractivity contribution in [1.29, 1.82) is 0 Å². The maximum absolute atomic E-state index is 14.0. The van der Waals surface area contributed by atoms with Gasteiger partial charge in [-0.15, -0.1) is 0 Å². The number of morpholine rings is 1. The van der Waals surface area contributed by atoms with Crippen LogP contribution < -0.4 is 5.32 Å². The fraction of sp³-hybridized carbons (Fsp3) is 0.364. The van der Waals surface area contributed by atoms with Gasteiger partial charge in [-0.1, -0.05) is 23.7 Å². The number of benzene rings is 1. The van der Waals surface area contributed by atoms with E-state index in [1.54, 1.807) is 22.9 Å². The normalized spacial score (nSPS) is 16.1. The smallest absolute Gasteiger partial charge is 0.272 e. The average molecular weight is 475 g/mol. The highest BCUT2D eigenvalue weighted by Gasteiger charge is 2.30. The lowest BCUT2D eigenvalue weighted by atomic mass is 10.1. The van der Waals surface area contributed by atoms with Gasteiger partial charge in [0.15, 0.2) is 6.10 Å². The third-order valence-electron chi connectivity index (χ3n) is 5.52. The second-order valence-corrected chi connectivity index (χ2v) is 8.13. The van der Waals surface area contributed by atoms with Crippen molar-refractivity contribution in [2.24, 2.45) is 0 Å². The van der Waals surface area contributed by atoms with Crippen LogP contribution in [0, 0.1) is 19.7 Å². The molecule has 1 aliphatic heterocycles. The van der Waals surface area contributed by atoms with Crippen molar-refractivity contribution in [2.75, 3.05) is 26.2 Å². The molecule has 174 valence electrons. The Bertz CT molecular complexity index is 1180. The lowest BCUT2D eigenvalue weighted by Gasteiger charge is -2.31. The number of H-pyrrole nitrogens is 1. The topological polar surface area (TPSA) is 105 Å². The van der Waals surface area contributed by atoms with Crippen LogP contribution >= 0.6 is 11.6 Å². The summed E-state index contributed by atoms with van der Waals surface area (Å²) in [5.74, 6) is -1.06. The first kappa shape index (κ1) is 22.9. The predicted octanol–water partition coefficient (Wildman–Crippen LogP) is 2.34. The first-order valence-corrected chi connectivity index (χ1v) is 10.9. The Labute approximate surface area is 194 Å².